The fourth-order valence-corrected chi connectivity index (χ4v) is 2.95. The van der Waals surface area contributed by atoms with Crippen molar-refractivity contribution in [2.75, 3.05) is 18.6 Å². The van der Waals surface area contributed by atoms with Crippen molar-refractivity contribution in [1.29, 1.82) is 0 Å². The molecular formula is C18H23NO3. The minimum absolute atomic E-state index is 0.0908. The van der Waals surface area contributed by atoms with Crippen LogP contribution in [0, 0.1) is 12.8 Å². The summed E-state index contributed by atoms with van der Waals surface area (Å²) in [7, 11) is 1.37. The van der Waals surface area contributed by atoms with Crippen molar-refractivity contribution in [2.24, 2.45) is 5.92 Å². The van der Waals surface area contributed by atoms with Gasteiger partial charge in [-0.05, 0) is 44.7 Å². The summed E-state index contributed by atoms with van der Waals surface area (Å²) in [5.74, 6) is -0.851. The van der Waals surface area contributed by atoms with E-state index in [0.29, 0.717) is 18.5 Å². The second-order valence-electron chi connectivity index (χ2n) is 5.50. The maximum Gasteiger partial charge on any atom is 0.313 e. The van der Waals surface area contributed by atoms with Crippen molar-refractivity contribution in [1.82, 2.24) is 0 Å². The third-order valence-electron chi connectivity index (χ3n) is 4.14. The molecule has 0 bridgehead atoms. The molecule has 0 fully saturated rings. The summed E-state index contributed by atoms with van der Waals surface area (Å²) in [6.07, 6.45) is 4.32. The van der Waals surface area contributed by atoms with E-state index < -0.39 is 5.92 Å². The molecule has 1 amide bonds. The number of ether oxygens (including phenoxy) is 1. The van der Waals surface area contributed by atoms with E-state index in [2.05, 4.69) is 0 Å². The molecule has 4 heteroatoms. The van der Waals surface area contributed by atoms with Gasteiger partial charge in [0.25, 0.3) is 5.91 Å². The van der Waals surface area contributed by atoms with Crippen molar-refractivity contribution < 1.29 is 14.3 Å². The maximum absolute atomic E-state index is 13.0. The number of hydrogen-bond donors (Lipinski definition) is 0. The summed E-state index contributed by atoms with van der Waals surface area (Å²) in [6, 6.07) is 7.80. The topological polar surface area (TPSA) is 46.6 Å². The highest BCUT2D eigenvalue weighted by atomic mass is 16.5. The van der Waals surface area contributed by atoms with Gasteiger partial charge in [0.05, 0.1) is 13.0 Å². The first-order valence-electron chi connectivity index (χ1n) is 7.75. The average molecular weight is 301 g/mol. The number of hydrogen-bond acceptors (Lipinski definition) is 3. The molecule has 1 aliphatic rings. The van der Waals surface area contributed by atoms with Crippen LogP contribution < -0.4 is 4.90 Å². The smallest absolute Gasteiger partial charge is 0.313 e. The third kappa shape index (κ3) is 3.21. The predicted molar refractivity (Wildman–Crippen MR) is 86.6 cm³/mol. The highest BCUT2D eigenvalue weighted by Gasteiger charge is 2.32. The number of carbonyl (C=O) groups is 2. The lowest BCUT2D eigenvalue weighted by atomic mass is 9.86. The van der Waals surface area contributed by atoms with E-state index >= 15 is 0 Å². The Morgan fingerprint density at radius 1 is 1.32 bits per heavy atom. The second kappa shape index (κ2) is 7.25. The monoisotopic (exact) mass is 301 g/mol. The van der Waals surface area contributed by atoms with E-state index in [-0.39, 0.29) is 11.9 Å². The Hall–Kier alpha value is -2.10. The Morgan fingerprint density at radius 2 is 2.05 bits per heavy atom. The zero-order chi connectivity index (χ0) is 16.1. The van der Waals surface area contributed by atoms with Gasteiger partial charge < -0.3 is 9.64 Å². The van der Waals surface area contributed by atoms with E-state index in [1.807, 2.05) is 44.2 Å². The maximum atomic E-state index is 13.0. The minimum Gasteiger partial charge on any atom is -0.469 e. The quantitative estimate of drug-likeness (QED) is 0.802. The van der Waals surface area contributed by atoms with Crippen LogP contribution in [0.5, 0.6) is 0 Å². The van der Waals surface area contributed by atoms with Crippen molar-refractivity contribution in [2.45, 2.75) is 33.1 Å². The van der Waals surface area contributed by atoms with Crippen LogP contribution in [0.3, 0.4) is 0 Å². The van der Waals surface area contributed by atoms with E-state index in [1.54, 1.807) is 4.90 Å². The largest absolute Gasteiger partial charge is 0.469 e. The molecule has 0 radical (unpaired) electrons. The van der Waals surface area contributed by atoms with Crippen LogP contribution in [0.1, 0.15) is 31.7 Å². The Balaban J connectivity index is 2.33. The summed E-state index contributed by atoms with van der Waals surface area (Å²) >= 11 is 0. The number of anilines is 1. The van der Waals surface area contributed by atoms with Gasteiger partial charge in [-0.2, -0.15) is 0 Å². The highest BCUT2D eigenvalue weighted by Crippen LogP contribution is 2.30. The fraction of sp³-hybridized carbons (Fsp3) is 0.444. The number of para-hydroxylation sites is 1. The van der Waals surface area contributed by atoms with Crippen molar-refractivity contribution >= 4 is 17.6 Å². The standard InChI is InChI=1S/C18H23NO3/c1-4-19(16-12-8-5-9-13(16)2)17(20)14-10-6-7-11-15(14)18(21)22-3/h5,8-10,12,15H,4,6-7,11H2,1-3H3. The van der Waals surface area contributed by atoms with Crippen LogP contribution in [0.25, 0.3) is 0 Å². The van der Waals surface area contributed by atoms with Crippen LogP contribution in [-0.4, -0.2) is 25.5 Å². The van der Waals surface area contributed by atoms with E-state index in [1.165, 1.54) is 7.11 Å². The number of allylic oxidation sites excluding steroid dienone is 1. The Kier molecular flexibility index (Phi) is 5.36. The Bertz CT molecular complexity index is 592. The molecule has 0 N–H and O–H groups in total. The zero-order valence-electron chi connectivity index (χ0n) is 13.5. The van der Waals surface area contributed by atoms with Gasteiger partial charge >= 0.3 is 5.97 Å². The van der Waals surface area contributed by atoms with Gasteiger partial charge in [-0.1, -0.05) is 24.3 Å². The van der Waals surface area contributed by atoms with Crippen LogP contribution in [0.2, 0.25) is 0 Å². The minimum atomic E-state index is -0.440. The first-order valence-corrected chi connectivity index (χ1v) is 7.75. The molecule has 0 saturated heterocycles. The summed E-state index contributed by atoms with van der Waals surface area (Å²) in [4.78, 5) is 26.7. The fourth-order valence-electron chi connectivity index (χ4n) is 2.95. The normalized spacial score (nSPS) is 17.6. The Morgan fingerprint density at radius 3 is 2.68 bits per heavy atom. The number of rotatable bonds is 4. The lowest BCUT2D eigenvalue weighted by Crippen LogP contribution is -2.37. The molecule has 0 spiro atoms. The Labute approximate surface area is 131 Å². The van der Waals surface area contributed by atoms with Crippen LogP contribution in [0.4, 0.5) is 5.69 Å². The van der Waals surface area contributed by atoms with E-state index in [9.17, 15) is 9.59 Å². The van der Waals surface area contributed by atoms with E-state index in [0.717, 1.165) is 24.1 Å². The van der Waals surface area contributed by atoms with Gasteiger partial charge in [0.2, 0.25) is 0 Å². The molecule has 1 aliphatic carbocycles. The van der Waals surface area contributed by atoms with Crippen molar-refractivity contribution in [3.8, 4) is 0 Å². The van der Waals surface area contributed by atoms with Gasteiger partial charge in [-0.3, -0.25) is 9.59 Å². The third-order valence-corrected chi connectivity index (χ3v) is 4.14. The summed E-state index contributed by atoms with van der Waals surface area (Å²) < 4.78 is 4.86. The van der Waals surface area contributed by atoms with E-state index in [4.69, 9.17) is 4.74 Å². The van der Waals surface area contributed by atoms with Gasteiger partial charge in [0.15, 0.2) is 0 Å². The van der Waals surface area contributed by atoms with Crippen LogP contribution in [0.15, 0.2) is 35.9 Å². The molecule has 0 heterocycles. The number of benzene rings is 1. The first-order chi connectivity index (χ1) is 10.6. The molecule has 0 aromatic heterocycles. The molecule has 1 unspecified atom stereocenters. The molecule has 1 aromatic rings. The number of aryl methyl sites for hydroxylation is 1. The first kappa shape index (κ1) is 16.3. The van der Waals surface area contributed by atoms with Gasteiger partial charge in [0, 0.05) is 17.8 Å². The summed E-state index contributed by atoms with van der Waals surface area (Å²) in [5, 5.41) is 0. The average Bonchev–Trinajstić information content (AvgIpc) is 2.56. The molecule has 0 saturated carbocycles. The highest BCUT2D eigenvalue weighted by molar-refractivity contribution is 6.09. The second-order valence-corrected chi connectivity index (χ2v) is 5.50. The predicted octanol–water partition coefficient (Wildman–Crippen LogP) is 3.25. The van der Waals surface area contributed by atoms with Crippen molar-refractivity contribution in [3.63, 3.8) is 0 Å². The molecule has 22 heavy (non-hydrogen) atoms. The molecule has 1 atom stereocenters. The molecule has 1 aromatic carbocycles. The lowest BCUT2D eigenvalue weighted by Gasteiger charge is -2.28. The molecule has 0 aliphatic heterocycles. The SMILES string of the molecule is CCN(C(=O)C1=CCCCC1C(=O)OC)c1ccccc1C. The molecule has 4 nitrogen and oxygen atoms in total. The molecular weight excluding hydrogens is 278 g/mol. The zero-order valence-corrected chi connectivity index (χ0v) is 13.5. The molecule has 2 rings (SSSR count). The number of amides is 1. The van der Waals surface area contributed by atoms with Crippen LogP contribution in [-0.2, 0) is 14.3 Å². The summed E-state index contributed by atoms with van der Waals surface area (Å²) in [5.41, 5.74) is 2.51. The molecule has 118 valence electrons. The lowest BCUT2D eigenvalue weighted by molar-refractivity contribution is -0.145. The van der Waals surface area contributed by atoms with Crippen molar-refractivity contribution in [3.05, 3.63) is 41.5 Å². The van der Waals surface area contributed by atoms with Crippen LogP contribution >= 0.6 is 0 Å². The van der Waals surface area contributed by atoms with Gasteiger partial charge in [-0.25, -0.2) is 0 Å². The summed E-state index contributed by atoms with van der Waals surface area (Å²) in [6.45, 7) is 4.49. The van der Waals surface area contributed by atoms with Gasteiger partial charge in [0.1, 0.15) is 0 Å². The number of esters is 1. The van der Waals surface area contributed by atoms with Gasteiger partial charge in [-0.15, -0.1) is 0 Å². The number of carbonyl (C=O) groups excluding carboxylic acids is 2. The number of nitrogens with zero attached hydrogens (tertiary/aromatic N) is 1. The number of methoxy groups -OCH3 is 1. The number of likely N-dealkylation sites (N-methyl/N-ethyl adjacent to an activating group) is 1.